The summed E-state index contributed by atoms with van der Waals surface area (Å²) in [5.41, 5.74) is 0.646. The van der Waals surface area contributed by atoms with Gasteiger partial charge in [0.1, 0.15) is 11.5 Å². The highest BCUT2D eigenvalue weighted by atomic mass is 16.7. The van der Waals surface area contributed by atoms with E-state index in [1.807, 2.05) is 6.92 Å². The summed E-state index contributed by atoms with van der Waals surface area (Å²) in [4.78, 5) is 38.5. The largest absolute Gasteiger partial charge is 0.507 e. The van der Waals surface area contributed by atoms with Gasteiger partial charge in [-0.05, 0) is 30.5 Å². The summed E-state index contributed by atoms with van der Waals surface area (Å²) in [6.45, 7) is 7.20. The molecule has 0 amide bonds. The fourth-order valence-electron chi connectivity index (χ4n) is 3.54. The van der Waals surface area contributed by atoms with E-state index in [1.54, 1.807) is 13.0 Å². The van der Waals surface area contributed by atoms with Crippen molar-refractivity contribution in [3.63, 3.8) is 0 Å². The Balaban J connectivity index is 2.36. The van der Waals surface area contributed by atoms with E-state index >= 15 is 0 Å². The van der Waals surface area contributed by atoms with Gasteiger partial charge < -0.3 is 19.3 Å². The van der Waals surface area contributed by atoms with Crippen LogP contribution in [0.1, 0.15) is 38.8 Å². The van der Waals surface area contributed by atoms with Gasteiger partial charge in [-0.25, -0.2) is 4.79 Å². The number of carbonyl (C=O) groups is 3. The van der Waals surface area contributed by atoms with Crippen molar-refractivity contribution in [2.24, 2.45) is 0 Å². The number of methoxy groups -OCH3 is 2. The third-order valence-corrected chi connectivity index (χ3v) is 4.77. The van der Waals surface area contributed by atoms with Gasteiger partial charge in [-0.15, -0.1) is 0 Å². The van der Waals surface area contributed by atoms with Crippen molar-refractivity contribution in [3.8, 4) is 5.75 Å². The average molecular weight is 358 g/mol. The van der Waals surface area contributed by atoms with Crippen LogP contribution in [0.5, 0.6) is 5.75 Å². The Hall–Kier alpha value is -2.93. The molecule has 7 nitrogen and oxygen atoms in total. The number of ether oxygens (including phenoxy) is 3. The molecule has 3 rings (SSSR count). The van der Waals surface area contributed by atoms with Crippen LogP contribution in [0.2, 0.25) is 0 Å². The predicted octanol–water partition coefficient (Wildman–Crippen LogP) is 2.00. The molecule has 26 heavy (non-hydrogen) atoms. The standard InChI is InChI=1S/C19H18O7/c1-6-10-8(2)7-11-13(15(10)20)17(22)14-12(16(11)21)9(3)26-19(14,25-5)18(23)24-4/h7,20H,3,6H2,1-2,4-5H3. The number of aryl methyl sites for hydroxylation is 1. The molecule has 136 valence electrons. The summed E-state index contributed by atoms with van der Waals surface area (Å²) in [6.07, 6.45) is 0.466. The molecule has 1 aliphatic carbocycles. The molecule has 2 aliphatic rings. The number of aromatic hydroxyl groups is 1. The zero-order chi connectivity index (χ0) is 19.4. The Bertz CT molecular complexity index is 922. The molecular weight excluding hydrogens is 340 g/mol. The third kappa shape index (κ3) is 2.00. The number of benzene rings is 1. The first-order valence-corrected chi connectivity index (χ1v) is 7.96. The Morgan fingerprint density at radius 3 is 2.50 bits per heavy atom. The maximum Gasteiger partial charge on any atom is 0.384 e. The van der Waals surface area contributed by atoms with E-state index in [1.165, 1.54) is 0 Å². The zero-order valence-corrected chi connectivity index (χ0v) is 14.9. The Morgan fingerprint density at radius 2 is 1.96 bits per heavy atom. The third-order valence-electron chi connectivity index (χ3n) is 4.77. The molecule has 0 saturated heterocycles. The minimum absolute atomic E-state index is 0.0440. The first-order chi connectivity index (χ1) is 12.2. The van der Waals surface area contributed by atoms with Crippen LogP contribution in [0, 0.1) is 6.92 Å². The van der Waals surface area contributed by atoms with Gasteiger partial charge in [-0.3, -0.25) is 9.59 Å². The number of fused-ring (bicyclic) bond motifs is 1. The number of hydrogen-bond acceptors (Lipinski definition) is 7. The minimum atomic E-state index is -2.23. The van der Waals surface area contributed by atoms with Crippen LogP contribution in [-0.2, 0) is 25.4 Å². The molecule has 7 heteroatoms. The molecule has 0 fully saturated rings. The molecule has 1 unspecified atom stereocenters. The number of ketones is 2. The first-order valence-electron chi connectivity index (χ1n) is 7.96. The van der Waals surface area contributed by atoms with E-state index in [4.69, 9.17) is 14.2 Å². The summed E-state index contributed by atoms with van der Waals surface area (Å²) in [7, 11) is 2.26. The highest BCUT2D eigenvalue weighted by molar-refractivity contribution is 6.31. The minimum Gasteiger partial charge on any atom is -0.507 e. The maximum absolute atomic E-state index is 13.2. The second-order valence-electron chi connectivity index (χ2n) is 6.04. The summed E-state index contributed by atoms with van der Waals surface area (Å²) >= 11 is 0. The first kappa shape index (κ1) is 17.9. The second-order valence-corrected chi connectivity index (χ2v) is 6.04. The zero-order valence-electron chi connectivity index (χ0n) is 14.9. The quantitative estimate of drug-likeness (QED) is 0.825. The maximum atomic E-state index is 13.2. The fraction of sp³-hybridized carbons (Fsp3) is 0.316. The van der Waals surface area contributed by atoms with Gasteiger partial charge >= 0.3 is 11.8 Å². The van der Waals surface area contributed by atoms with E-state index in [0.29, 0.717) is 17.5 Å². The second kappa shape index (κ2) is 5.81. The Kier molecular flexibility index (Phi) is 3.99. The number of Topliss-reactive ketones (excluding diaryl/α,β-unsaturated/α-hetero) is 2. The van der Waals surface area contributed by atoms with Gasteiger partial charge in [0.05, 0.1) is 23.8 Å². The van der Waals surface area contributed by atoms with Crippen LogP contribution in [-0.4, -0.2) is 42.6 Å². The van der Waals surface area contributed by atoms with Gasteiger partial charge in [-0.2, -0.15) is 0 Å². The number of phenolic OH excluding ortho intramolecular Hbond substituents is 1. The van der Waals surface area contributed by atoms with E-state index in [2.05, 4.69) is 6.58 Å². The number of allylic oxidation sites excluding steroid dienone is 1. The summed E-state index contributed by atoms with van der Waals surface area (Å²) in [5.74, 6) is -4.96. The number of hydrogen-bond donors (Lipinski definition) is 1. The smallest absolute Gasteiger partial charge is 0.384 e. The lowest BCUT2D eigenvalue weighted by Gasteiger charge is -2.27. The Morgan fingerprint density at radius 1 is 1.31 bits per heavy atom. The number of carbonyl (C=O) groups excluding carboxylic acids is 3. The van der Waals surface area contributed by atoms with Gasteiger partial charge in [0.15, 0.2) is 5.78 Å². The molecule has 1 aliphatic heterocycles. The van der Waals surface area contributed by atoms with Crippen LogP contribution in [0.3, 0.4) is 0 Å². The number of phenols is 1. The highest BCUT2D eigenvalue weighted by Gasteiger charge is 2.60. The average Bonchev–Trinajstić information content (AvgIpc) is 2.92. The van der Waals surface area contributed by atoms with E-state index in [0.717, 1.165) is 14.2 Å². The van der Waals surface area contributed by atoms with Crippen LogP contribution in [0.15, 0.2) is 29.6 Å². The molecule has 0 spiro atoms. The van der Waals surface area contributed by atoms with E-state index < -0.39 is 23.3 Å². The molecule has 0 radical (unpaired) electrons. The van der Waals surface area contributed by atoms with Crippen molar-refractivity contribution in [2.45, 2.75) is 26.1 Å². The van der Waals surface area contributed by atoms with Crippen LogP contribution in [0.4, 0.5) is 0 Å². The molecule has 1 N–H and O–H groups in total. The highest BCUT2D eigenvalue weighted by Crippen LogP contribution is 2.47. The van der Waals surface area contributed by atoms with Crippen LogP contribution in [0.25, 0.3) is 0 Å². The van der Waals surface area contributed by atoms with Crippen molar-refractivity contribution in [2.75, 3.05) is 14.2 Å². The lowest BCUT2D eigenvalue weighted by atomic mass is 9.79. The van der Waals surface area contributed by atoms with Gasteiger partial charge in [-0.1, -0.05) is 13.5 Å². The summed E-state index contributed by atoms with van der Waals surface area (Å²) in [5, 5.41) is 10.6. The predicted molar refractivity (Wildman–Crippen MR) is 89.9 cm³/mol. The lowest BCUT2D eigenvalue weighted by molar-refractivity contribution is -0.202. The lowest BCUT2D eigenvalue weighted by Crippen LogP contribution is -2.46. The van der Waals surface area contributed by atoms with Crippen molar-refractivity contribution in [1.29, 1.82) is 0 Å². The fourth-order valence-corrected chi connectivity index (χ4v) is 3.54. The van der Waals surface area contributed by atoms with Crippen molar-refractivity contribution in [3.05, 3.63) is 51.8 Å². The van der Waals surface area contributed by atoms with Crippen LogP contribution >= 0.6 is 0 Å². The monoisotopic (exact) mass is 358 g/mol. The van der Waals surface area contributed by atoms with Crippen molar-refractivity contribution < 1.29 is 33.7 Å². The van der Waals surface area contributed by atoms with Gasteiger partial charge in [0, 0.05) is 12.7 Å². The molecule has 1 heterocycles. The van der Waals surface area contributed by atoms with Crippen molar-refractivity contribution >= 4 is 17.5 Å². The molecule has 1 aromatic carbocycles. The Labute approximate surface area is 149 Å². The molecule has 0 aromatic heterocycles. The number of esters is 1. The van der Waals surface area contributed by atoms with E-state index in [9.17, 15) is 19.5 Å². The van der Waals surface area contributed by atoms with Gasteiger partial charge in [0.2, 0.25) is 5.78 Å². The SMILES string of the molecule is C=C1OC(OC)(C(=O)OC)C2=C1C(=O)c1cc(C)c(CC)c(O)c1C2=O. The van der Waals surface area contributed by atoms with Crippen LogP contribution < -0.4 is 0 Å². The molecule has 1 aromatic rings. The molecular formula is C19H18O7. The molecule has 0 saturated carbocycles. The summed E-state index contributed by atoms with van der Waals surface area (Å²) in [6, 6.07) is 1.55. The summed E-state index contributed by atoms with van der Waals surface area (Å²) < 4.78 is 15.3. The molecule has 1 atom stereocenters. The van der Waals surface area contributed by atoms with Crippen molar-refractivity contribution in [1.82, 2.24) is 0 Å². The molecule has 0 bridgehead atoms. The van der Waals surface area contributed by atoms with E-state index in [-0.39, 0.29) is 33.8 Å². The van der Waals surface area contributed by atoms with Gasteiger partial charge in [0.25, 0.3) is 0 Å². The normalized spacial score (nSPS) is 21.5. The number of rotatable bonds is 3. The topological polar surface area (TPSA) is 99.1 Å².